The largest absolute Gasteiger partial charge is 0.315 e. The van der Waals surface area contributed by atoms with Gasteiger partial charge in [-0.1, -0.05) is 36.4 Å². The lowest BCUT2D eigenvalue weighted by molar-refractivity contribution is 0.587. The Hall–Kier alpha value is 0.690. The first-order valence-electron chi connectivity index (χ1n) is 3.06. The molecule has 0 rings (SSSR count). The van der Waals surface area contributed by atoms with E-state index in [-0.39, 0.29) is 0 Å². The summed E-state index contributed by atoms with van der Waals surface area (Å²) in [5.41, 5.74) is 0. The number of nitrogens with one attached hydrogen (secondary N) is 1. The molecule has 0 saturated carbocycles. The van der Waals surface area contributed by atoms with Gasteiger partial charge in [-0.25, -0.2) is 0 Å². The zero-order valence-corrected chi connectivity index (χ0v) is 7.73. The number of rotatable bonds is 4. The summed E-state index contributed by atoms with van der Waals surface area (Å²) in [5.74, 6) is 0. The second-order valence-corrected chi connectivity index (χ2v) is 3.23. The van der Waals surface area contributed by atoms with Gasteiger partial charge in [0, 0.05) is 10.5 Å². The SMILES string of the molecule is CC(C)NCCCI. The summed E-state index contributed by atoms with van der Waals surface area (Å²) in [6.45, 7) is 5.51. The average molecular weight is 227 g/mol. The summed E-state index contributed by atoms with van der Waals surface area (Å²) >= 11 is 2.39. The van der Waals surface area contributed by atoms with E-state index in [0.717, 1.165) is 0 Å². The van der Waals surface area contributed by atoms with Crippen LogP contribution in [-0.2, 0) is 0 Å². The molecule has 0 spiro atoms. The maximum atomic E-state index is 3.34. The topological polar surface area (TPSA) is 12.0 Å². The molecule has 0 aliphatic heterocycles. The number of alkyl halides is 1. The first kappa shape index (κ1) is 8.69. The monoisotopic (exact) mass is 227 g/mol. The predicted molar refractivity (Wildman–Crippen MR) is 46.6 cm³/mol. The molecule has 0 heterocycles. The lowest BCUT2D eigenvalue weighted by Gasteiger charge is -2.04. The molecule has 0 aliphatic carbocycles. The standard InChI is InChI=1S/C6H14IN/c1-6(2)8-5-3-4-7/h6,8H,3-5H2,1-2H3. The fraction of sp³-hybridized carbons (Fsp3) is 1.00. The van der Waals surface area contributed by atoms with Gasteiger partial charge in [-0.3, -0.25) is 0 Å². The van der Waals surface area contributed by atoms with E-state index in [1.807, 2.05) is 0 Å². The highest BCUT2D eigenvalue weighted by molar-refractivity contribution is 14.1. The molecule has 0 fully saturated rings. The van der Waals surface area contributed by atoms with Crippen LogP contribution in [0.2, 0.25) is 0 Å². The van der Waals surface area contributed by atoms with Crippen LogP contribution < -0.4 is 5.32 Å². The van der Waals surface area contributed by atoms with Crippen molar-refractivity contribution in [3.63, 3.8) is 0 Å². The van der Waals surface area contributed by atoms with Crippen LogP contribution in [0.5, 0.6) is 0 Å². The van der Waals surface area contributed by atoms with Gasteiger partial charge < -0.3 is 5.32 Å². The quantitative estimate of drug-likeness (QED) is 0.438. The summed E-state index contributed by atoms with van der Waals surface area (Å²) in [6.07, 6.45) is 1.29. The summed E-state index contributed by atoms with van der Waals surface area (Å²) in [5, 5.41) is 3.34. The van der Waals surface area contributed by atoms with Gasteiger partial charge in [-0.05, 0) is 13.0 Å². The van der Waals surface area contributed by atoms with Gasteiger partial charge in [-0.15, -0.1) is 0 Å². The zero-order chi connectivity index (χ0) is 6.41. The Labute approximate surface area is 65.4 Å². The predicted octanol–water partition coefficient (Wildman–Crippen LogP) is 1.81. The van der Waals surface area contributed by atoms with E-state index in [2.05, 4.69) is 41.8 Å². The van der Waals surface area contributed by atoms with Gasteiger partial charge in [0.2, 0.25) is 0 Å². The van der Waals surface area contributed by atoms with E-state index in [1.54, 1.807) is 0 Å². The highest BCUT2D eigenvalue weighted by Crippen LogP contribution is 1.86. The van der Waals surface area contributed by atoms with Crippen molar-refractivity contribution in [2.24, 2.45) is 0 Å². The minimum atomic E-state index is 0.651. The molecule has 50 valence electrons. The summed E-state index contributed by atoms with van der Waals surface area (Å²) in [7, 11) is 0. The Kier molecular flexibility index (Phi) is 6.32. The van der Waals surface area contributed by atoms with E-state index >= 15 is 0 Å². The Morgan fingerprint density at radius 3 is 2.50 bits per heavy atom. The van der Waals surface area contributed by atoms with Crippen LogP contribution in [0.4, 0.5) is 0 Å². The molecule has 0 aromatic heterocycles. The van der Waals surface area contributed by atoms with Crippen LogP contribution in [-0.4, -0.2) is 17.0 Å². The van der Waals surface area contributed by atoms with Gasteiger partial charge in [0.25, 0.3) is 0 Å². The third kappa shape index (κ3) is 6.69. The number of halogens is 1. The molecule has 0 aromatic carbocycles. The first-order valence-corrected chi connectivity index (χ1v) is 4.59. The normalized spacial score (nSPS) is 10.5. The second kappa shape index (κ2) is 5.82. The van der Waals surface area contributed by atoms with Crippen molar-refractivity contribution in [1.82, 2.24) is 5.32 Å². The molecular weight excluding hydrogens is 213 g/mol. The summed E-state index contributed by atoms with van der Waals surface area (Å²) in [4.78, 5) is 0. The van der Waals surface area contributed by atoms with E-state index in [9.17, 15) is 0 Å². The van der Waals surface area contributed by atoms with Crippen LogP contribution in [0, 0.1) is 0 Å². The third-order valence-electron chi connectivity index (χ3n) is 0.863. The van der Waals surface area contributed by atoms with E-state index in [4.69, 9.17) is 0 Å². The molecular formula is C6H14IN. The van der Waals surface area contributed by atoms with Gasteiger partial charge in [0.05, 0.1) is 0 Å². The smallest absolute Gasteiger partial charge is 0.00103 e. The highest BCUT2D eigenvalue weighted by atomic mass is 127. The third-order valence-corrected chi connectivity index (χ3v) is 1.63. The molecule has 8 heavy (non-hydrogen) atoms. The van der Waals surface area contributed by atoms with Crippen molar-refractivity contribution in [2.45, 2.75) is 26.3 Å². The molecule has 0 bridgehead atoms. The Morgan fingerprint density at radius 1 is 1.50 bits per heavy atom. The van der Waals surface area contributed by atoms with Gasteiger partial charge in [0.1, 0.15) is 0 Å². The van der Waals surface area contributed by atoms with Crippen LogP contribution in [0.25, 0.3) is 0 Å². The number of hydrogen-bond acceptors (Lipinski definition) is 1. The minimum Gasteiger partial charge on any atom is -0.315 e. The first-order chi connectivity index (χ1) is 3.77. The van der Waals surface area contributed by atoms with Crippen molar-refractivity contribution in [1.29, 1.82) is 0 Å². The van der Waals surface area contributed by atoms with Crippen LogP contribution >= 0.6 is 22.6 Å². The van der Waals surface area contributed by atoms with Gasteiger partial charge in [0.15, 0.2) is 0 Å². The van der Waals surface area contributed by atoms with E-state index in [0.29, 0.717) is 6.04 Å². The molecule has 0 unspecified atom stereocenters. The number of hydrogen-bond donors (Lipinski definition) is 1. The fourth-order valence-corrected chi connectivity index (χ4v) is 0.839. The molecule has 0 atom stereocenters. The average Bonchev–Trinajstić information content (AvgIpc) is 1.66. The molecule has 1 N–H and O–H groups in total. The van der Waals surface area contributed by atoms with Gasteiger partial charge >= 0.3 is 0 Å². The van der Waals surface area contributed by atoms with E-state index < -0.39 is 0 Å². The molecule has 0 aromatic rings. The fourth-order valence-electron chi connectivity index (χ4n) is 0.458. The van der Waals surface area contributed by atoms with Crippen molar-refractivity contribution in [3.05, 3.63) is 0 Å². The Bertz CT molecular complexity index is 45.8. The van der Waals surface area contributed by atoms with Gasteiger partial charge in [-0.2, -0.15) is 0 Å². The molecule has 0 saturated heterocycles. The zero-order valence-electron chi connectivity index (χ0n) is 5.58. The summed E-state index contributed by atoms with van der Waals surface area (Å²) < 4.78 is 1.26. The maximum Gasteiger partial charge on any atom is 0.00103 e. The van der Waals surface area contributed by atoms with Crippen molar-refractivity contribution in [3.8, 4) is 0 Å². The lowest BCUT2D eigenvalue weighted by Crippen LogP contribution is -2.23. The Morgan fingerprint density at radius 2 is 2.12 bits per heavy atom. The Balaban J connectivity index is 2.72. The van der Waals surface area contributed by atoms with E-state index in [1.165, 1.54) is 17.4 Å². The highest BCUT2D eigenvalue weighted by Gasteiger charge is 1.88. The maximum absolute atomic E-state index is 3.34. The lowest BCUT2D eigenvalue weighted by atomic mass is 10.4. The molecule has 0 radical (unpaired) electrons. The van der Waals surface area contributed by atoms with Crippen molar-refractivity contribution >= 4 is 22.6 Å². The molecule has 2 heteroatoms. The van der Waals surface area contributed by atoms with Crippen molar-refractivity contribution < 1.29 is 0 Å². The van der Waals surface area contributed by atoms with Crippen molar-refractivity contribution in [2.75, 3.05) is 11.0 Å². The molecule has 0 aliphatic rings. The molecule has 1 nitrogen and oxygen atoms in total. The second-order valence-electron chi connectivity index (χ2n) is 2.15. The van der Waals surface area contributed by atoms with Crippen LogP contribution in [0.1, 0.15) is 20.3 Å². The minimum absolute atomic E-state index is 0.651. The summed E-state index contributed by atoms with van der Waals surface area (Å²) in [6, 6.07) is 0.651. The van der Waals surface area contributed by atoms with Crippen LogP contribution in [0.15, 0.2) is 0 Å². The van der Waals surface area contributed by atoms with Crippen LogP contribution in [0.3, 0.4) is 0 Å². The molecule has 0 amide bonds.